The fraction of sp³-hybridized carbons (Fsp3) is 0.444. The molecule has 23 heavy (non-hydrogen) atoms. The standard InChI is InChI=1S/C18H24N4O/c1-12-15(13(2)21-20-12)8-9-18(23)22-10-16(17(19)11-22)14-6-4-3-5-7-14/h3-7,16-17H,8-11,19H2,1-2H3,(H,20,21). The number of likely N-dealkylation sites (tertiary alicyclic amines) is 1. The number of nitrogens with one attached hydrogen (secondary N) is 1. The van der Waals surface area contributed by atoms with Gasteiger partial charge in [0.25, 0.3) is 0 Å². The van der Waals surface area contributed by atoms with Gasteiger partial charge in [-0.15, -0.1) is 0 Å². The van der Waals surface area contributed by atoms with E-state index >= 15 is 0 Å². The van der Waals surface area contributed by atoms with Crippen molar-refractivity contribution in [2.24, 2.45) is 5.73 Å². The van der Waals surface area contributed by atoms with Crippen molar-refractivity contribution in [3.05, 3.63) is 52.8 Å². The van der Waals surface area contributed by atoms with Crippen molar-refractivity contribution in [2.45, 2.75) is 38.6 Å². The lowest BCUT2D eigenvalue weighted by Crippen LogP contribution is -2.32. The monoisotopic (exact) mass is 312 g/mol. The van der Waals surface area contributed by atoms with Crippen LogP contribution in [0.25, 0.3) is 0 Å². The Morgan fingerprint density at radius 1 is 1.30 bits per heavy atom. The maximum Gasteiger partial charge on any atom is 0.222 e. The molecule has 1 amide bonds. The van der Waals surface area contributed by atoms with E-state index < -0.39 is 0 Å². The van der Waals surface area contributed by atoms with Crippen molar-refractivity contribution in [2.75, 3.05) is 13.1 Å². The van der Waals surface area contributed by atoms with Crippen LogP contribution in [0.5, 0.6) is 0 Å². The Morgan fingerprint density at radius 2 is 2.04 bits per heavy atom. The molecule has 1 fully saturated rings. The molecule has 2 aromatic rings. The van der Waals surface area contributed by atoms with E-state index in [2.05, 4.69) is 22.3 Å². The Hall–Kier alpha value is -2.14. The van der Waals surface area contributed by atoms with Gasteiger partial charge in [0.15, 0.2) is 0 Å². The minimum absolute atomic E-state index is 0.0127. The van der Waals surface area contributed by atoms with E-state index in [-0.39, 0.29) is 17.9 Å². The molecule has 1 saturated heterocycles. The minimum atomic E-state index is 0.0127. The molecule has 0 bridgehead atoms. The van der Waals surface area contributed by atoms with E-state index in [9.17, 15) is 4.79 Å². The summed E-state index contributed by atoms with van der Waals surface area (Å²) in [5.41, 5.74) is 10.7. The number of benzene rings is 1. The number of amides is 1. The zero-order valence-electron chi connectivity index (χ0n) is 13.7. The van der Waals surface area contributed by atoms with Gasteiger partial charge in [-0.1, -0.05) is 30.3 Å². The first-order valence-electron chi connectivity index (χ1n) is 8.15. The van der Waals surface area contributed by atoms with Gasteiger partial charge in [0.2, 0.25) is 5.91 Å². The van der Waals surface area contributed by atoms with Gasteiger partial charge in [0, 0.05) is 37.2 Å². The third-order valence-electron chi connectivity index (χ3n) is 4.82. The summed E-state index contributed by atoms with van der Waals surface area (Å²) in [5.74, 6) is 0.413. The van der Waals surface area contributed by atoms with Crippen LogP contribution < -0.4 is 5.73 Å². The van der Waals surface area contributed by atoms with Crippen LogP contribution in [0.1, 0.15) is 34.9 Å². The van der Waals surface area contributed by atoms with Crippen LogP contribution in [-0.2, 0) is 11.2 Å². The Balaban J connectivity index is 1.61. The topological polar surface area (TPSA) is 75.0 Å². The van der Waals surface area contributed by atoms with Crippen LogP contribution in [0, 0.1) is 13.8 Å². The van der Waals surface area contributed by atoms with Crippen LogP contribution in [0.3, 0.4) is 0 Å². The Morgan fingerprint density at radius 3 is 2.70 bits per heavy atom. The Labute approximate surface area is 136 Å². The van der Waals surface area contributed by atoms with E-state index in [1.165, 1.54) is 5.56 Å². The number of nitrogens with zero attached hydrogens (tertiary/aromatic N) is 2. The maximum absolute atomic E-state index is 12.5. The molecular weight excluding hydrogens is 288 g/mol. The SMILES string of the molecule is Cc1n[nH]c(C)c1CCC(=O)N1CC(N)C(c2ccccc2)C1. The molecule has 5 heteroatoms. The number of aromatic amines is 1. The van der Waals surface area contributed by atoms with Crippen molar-refractivity contribution >= 4 is 5.91 Å². The molecule has 0 spiro atoms. The van der Waals surface area contributed by atoms with E-state index in [1.807, 2.05) is 36.9 Å². The second-order valence-corrected chi connectivity index (χ2v) is 6.39. The van der Waals surface area contributed by atoms with Crippen LogP contribution in [0.2, 0.25) is 0 Å². The normalized spacial score (nSPS) is 20.9. The summed E-state index contributed by atoms with van der Waals surface area (Å²) in [4.78, 5) is 14.4. The van der Waals surface area contributed by atoms with Gasteiger partial charge in [-0.25, -0.2) is 0 Å². The van der Waals surface area contributed by atoms with Crippen LogP contribution in [0.4, 0.5) is 0 Å². The molecule has 1 aliphatic heterocycles. The molecule has 2 atom stereocenters. The summed E-state index contributed by atoms with van der Waals surface area (Å²) in [6.07, 6.45) is 1.24. The van der Waals surface area contributed by atoms with Gasteiger partial charge in [-0.2, -0.15) is 5.10 Å². The first-order valence-corrected chi connectivity index (χ1v) is 8.15. The number of carbonyl (C=O) groups is 1. The molecule has 3 rings (SSSR count). The van der Waals surface area contributed by atoms with Crippen molar-refractivity contribution < 1.29 is 4.79 Å². The molecule has 1 aromatic carbocycles. The smallest absolute Gasteiger partial charge is 0.222 e. The molecule has 0 saturated carbocycles. The van der Waals surface area contributed by atoms with Gasteiger partial charge in [0.05, 0.1) is 5.69 Å². The van der Waals surface area contributed by atoms with Gasteiger partial charge < -0.3 is 10.6 Å². The third-order valence-corrected chi connectivity index (χ3v) is 4.82. The van der Waals surface area contributed by atoms with Crippen LogP contribution in [0.15, 0.2) is 30.3 Å². The summed E-state index contributed by atoms with van der Waals surface area (Å²) in [6.45, 7) is 5.33. The second kappa shape index (κ2) is 6.54. The van der Waals surface area contributed by atoms with Crippen LogP contribution >= 0.6 is 0 Å². The number of rotatable bonds is 4. The summed E-state index contributed by atoms with van der Waals surface area (Å²) in [6, 6.07) is 10.3. The Bertz CT molecular complexity index is 660. The minimum Gasteiger partial charge on any atom is -0.340 e. The maximum atomic E-state index is 12.5. The molecule has 0 aliphatic carbocycles. The molecule has 0 radical (unpaired) electrons. The highest BCUT2D eigenvalue weighted by molar-refractivity contribution is 5.77. The quantitative estimate of drug-likeness (QED) is 0.905. The van der Waals surface area contributed by atoms with Crippen LogP contribution in [-0.4, -0.2) is 40.1 Å². The molecular formula is C18H24N4O. The first-order chi connectivity index (χ1) is 11.1. The summed E-state index contributed by atoms with van der Waals surface area (Å²) >= 11 is 0. The average molecular weight is 312 g/mol. The molecule has 122 valence electrons. The highest BCUT2D eigenvalue weighted by atomic mass is 16.2. The largest absolute Gasteiger partial charge is 0.340 e. The number of aromatic nitrogens is 2. The van der Waals surface area contributed by atoms with E-state index in [4.69, 9.17) is 5.73 Å². The van der Waals surface area contributed by atoms with Gasteiger partial charge in [-0.05, 0) is 31.4 Å². The molecule has 5 nitrogen and oxygen atoms in total. The first kappa shape index (κ1) is 15.7. The molecule has 1 aromatic heterocycles. The number of carbonyl (C=O) groups excluding carboxylic acids is 1. The van der Waals surface area contributed by atoms with Crippen molar-refractivity contribution in [1.82, 2.24) is 15.1 Å². The van der Waals surface area contributed by atoms with E-state index in [1.54, 1.807) is 0 Å². The fourth-order valence-corrected chi connectivity index (χ4v) is 3.42. The van der Waals surface area contributed by atoms with Gasteiger partial charge in [0.1, 0.15) is 0 Å². The molecule has 3 N–H and O–H groups in total. The molecule has 1 aliphatic rings. The zero-order chi connectivity index (χ0) is 16.4. The van der Waals surface area contributed by atoms with Crippen molar-refractivity contribution in [3.63, 3.8) is 0 Å². The third kappa shape index (κ3) is 3.29. The molecule has 2 unspecified atom stereocenters. The second-order valence-electron chi connectivity index (χ2n) is 6.39. The number of H-pyrrole nitrogens is 1. The van der Waals surface area contributed by atoms with E-state index in [0.717, 1.165) is 23.4 Å². The fourth-order valence-electron chi connectivity index (χ4n) is 3.42. The van der Waals surface area contributed by atoms with Crippen molar-refractivity contribution in [1.29, 1.82) is 0 Å². The Kier molecular flexibility index (Phi) is 4.48. The lowest BCUT2D eigenvalue weighted by molar-refractivity contribution is -0.130. The number of hydrogen-bond donors (Lipinski definition) is 2. The number of hydrogen-bond acceptors (Lipinski definition) is 3. The lowest BCUT2D eigenvalue weighted by atomic mass is 9.95. The summed E-state index contributed by atoms with van der Waals surface area (Å²) in [5, 5.41) is 7.16. The predicted molar refractivity (Wildman–Crippen MR) is 90.1 cm³/mol. The van der Waals surface area contributed by atoms with Gasteiger partial charge in [-0.3, -0.25) is 9.89 Å². The summed E-state index contributed by atoms with van der Waals surface area (Å²) in [7, 11) is 0. The number of aryl methyl sites for hydroxylation is 2. The average Bonchev–Trinajstić information content (AvgIpc) is 3.09. The predicted octanol–water partition coefficient (Wildman–Crippen LogP) is 1.91. The zero-order valence-corrected chi connectivity index (χ0v) is 13.7. The number of nitrogens with two attached hydrogens (primary N) is 1. The summed E-state index contributed by atoms with van der Waals surface area (Å²) < 4.78 is 0. The van der Waals surface area contributed by atoms with Crippen molar-refractivity contribution in [3.8, 4) is 0 Å². The highest BCUT2D eigenvalue weighted by Gasteiger charge is 2.33. The highest BCUT2D eigenvalue weighted by Crippen LogP contribution is 2.27. The lowest BCUT2D eigenvalue weighted by Gasteiger charge is -2.16. The van der Waals surface area contributed by atoms with Gasteiger partial charge >= 0.3 is 0 Å². The van der Waals surface area contributed by atoms with E-state index in [0.29, 0.717) is 19.5 Å². The molecule has 2 heterocycles.